The van der Waals surface area contributed by atoms with Gasteiger partial charge in [-0.15, -0.1) is 0 Å². The molecule has 0 unspecified atom stereocenters. The number of rotatable bonds is 5. The third-order valence-corrected chi connectivity index (χ3v) is 3.00. The van der Waals surface area contributed by atoms with Crippen LogP contribution in [0.1, 0.15) is 24.0 Å². The lowest BCUT2D eigenvalue weighted by molar-refractivity contribution is -0.131. The molecule has 2 rings (SSSR count). The first-order valence-electron chi connectivity index (χ1n) is 5.85. The summed E-state index contributed by atoms with van der Waals surface area (Å²) < 4.78 is 0. The standard InChI is InChI=1S/C14H17NO2/c1-15(13-7-8-13)10-12-4-2-11(3-5-12)6-9-14(16)17/h2-6,9,13H,7-8,10H2,1H3,(H,16,17)/b9-6+. The van der Waals surface area contributed by atoms with Gasteiger partial charge in [0.25, 0.3) is 0 Å². The van der Waals surface area contributed by atoms with Crippen molar-refractivity contribution >= 4 is 12.0 Å². The van der Waals surface area contributed by atoms with Gasteiger partial charge < -0.3 is 5.11 Å². The van der Waals surface area contributed by atoms with Gasteiger partial charge in [0.05, 0.1) is 0 Å². The normalized spacial score (nSPS) is 15.6. The Bertz CT molecular complexity index is 418. The molecule has 0 radical (unpaired) electrons. The summed E-state index contributed by atoms with van der Waals surface area (Å²) in [7, 11) is 2.15. The molecule has 1 fully saturated rings. The van der Waals surface area contributed by atoms with E-state index in [0.29, 0.717) is 0 Å². The summed E-state index contributed by atoms with van der Waals surface area (Å²) in [6.07, 6.45) is 5.40. The lowest BCUT2D eigenvalue weighted by Gasteiger charge is -2.15. The fraction of sp³-hybridized carbons (Fsp3) is 0.357. The van der Waals surface area contributed by atoms with Crippen LogP contribution in [0, 0.1) is 0 Å². The minimum Gasteiger partial charge on any atom is -0.478 e. The van der Waals surface area contributed by atoms with Gasteiger partial charge in [-0.2, -0.15) is 0 Å². The lowest BCUT2D eigenvalue weighted by atomic mass is 10.1. The van der Waals surface area contributed by atoms with Crippen molar-refractivity contribution in [1.29, 1.82) is 0 Å². The van der Waals surface area contributed by atoms with Gasteiger partial charge in [-0.3, -0.25) is 4.90 Å². The molecule has 0 bridgehead atoms. The topological polar surface area (TPSA) is 40.5 Å². The van der Waals surface area contributed by atoms with E-state index in [1.54, 1.807) is 6.08 Å². The molecule has 1 aromatic rings. The highest BCUT2D eigenvalue weighted by Crippen LogP contribution is 2.26. The van der Waals surface area contributed by atoms with Crippen LogP contribution in [0.2, 0.25) is 0 Å². The van der Waals surface area contributed by atoms with E-state index in [1.807, 2.05) is 12.1 Å². The van der Waals surface area contributed by atoms with E-state index in [-0.39, 0.29) is 0 Å². The van der Waals surface area contributed by atoms with Gasteiger partial charge >= 0.3 is 5.97 Å². The van der Waals surface area contributed by atoms with Gasteiger partial charge in [-0.25, -0.2) is 4.79 Å². The summed E-state index contributed by atoms with van der Waals surface area (Å²) in [6, 6.07) is 8.79. The number of carbonyl (C=O) groups is 1. The van der Waals surface area contributed by atoms with Crippen molar-refractivity contribution in [2.45, 2.75) is 25.4 Å². The Morgan fingerprint density at radius 1 is 1.41 bits per heavy atom. The zero-order valence-corrected chi connectivity index (χ0v) is 9.97. The van der Waals surface area contributed by atoms with Crippen molar-refractivity contribution in [3.05, 3.63) is 41.5 Å². The summed E-state index contributed by atoms with van der Waals surface area (Å²) in [6.45, 7) is 0.966. The van der Waals surface area contributed by atoms with Crippen molar-refractivity contribution in [2.24, 2.45) is 0 Å². The maximum absolute atomic E-state index is 10.4. The zero-order valence-electron chi connectivity index (χ0n) is 9.97. The number of aliphatic carboxylic acids is 1. The van der Waals surface area contributed by atoms with Crippen LogP contribution in [-0.2, 0) is 11.3 Å². The predicted octanol–water partition coefficient (Wildman–Crippen LogP) is 2.38. The smallest absolute Gasteiger partial charge is 0.328 e. The number of hydrogen-bond acceptors (Lipinski definition) is 2. The summed E-state index contributed by atoms with van der Waals surface area (Å²) in [5, 5.41) is 8.52. The highest BCUT2D eigenvalue weighted by Gasteiger charge is 2.25. The molecule has 1 saturated carbocycles. The van der Waals surface area contributed by atoms with E-state index in [0.717, 1.165) is 24.2 Å². The SMILES string of the molecule is CN(Cc1ccc(/C=C/C(=O)O)cc1)C1CC1. The van der Waals surface area contributed by atoms with Crippen LogP contribution in [0.3, 0.4) is 0 Å². The first-order chi connectivity index (χ1) is 8.15. The quantitative estimate of drug-likeness (QED) is 0.791. The first kappa shape index (κ1) is 11.9. The maximum atomic E-state index is 10.4. The molecule has 0 atom stereocenters. The van der Waals surface area contributed by atoms with Crippen LogP contribution in [-0.4, -0.2) is 29.1 Å². The first-order valence-corrected chi connectivity index (χ1v) is 5.85. The summed E-state index contributed by atoms with van der Waals surface area (Å²) >= 11 is 0. The van der Waals surface area contributed by atoms with E-state index in [9.17, 15) is 4.79 Å². The van der Waals surface area contributed by atoms with Crippen LogP contribution < -0.4 is 0 Å². The molecule has 1 aliphatic rings. The molecule has 0 aliphatic heterocycles. The molecule has 3 heteroatoms. The van der Waals surface area contributed by atoms with E-state index in [1.165, 1.54) is 18.4 Å². The van der Waals surface area contributed by atoms with Crippen molar-refractivity contribution in [2.75, 3.05) is 7.05 Å². The fourth-order valence-electron chi connectivity index (χ4n) is 1.83. The molecule has 3 nitrogen and oxygen atoms in total. The number of nitrogens with zero attached hydrogens (tertiary/aromatic N) is 1. The molecule has 1 aliphatic carbocycles. The monoisotopic (exact) mass is 231 g/mol. The second-order valence-corrected chi connectivity index (χ2v) is 4.56. The molecule has 1 N–H and O–H groups in total. The van der Waals surface area contributed by atoms with Crippen LogP contribution >= 0.6 is 0 Å². The Morgan fingerprint density at radius 3 is 2.59 bits per heavy atom. The van der Waals surface area contributed by atoms with Crippen molar-refractivity contribution in [3.63, 3.8) is 0 Å². The summed E-state index contributed by atoms with van der Waals surface area (Å²) in [5.41, 5.74) is 2.19. The fourth-order valence-corrected chi connectivity index (χ4v) is 1.83. The Labute approximate surface area is 101 Å². The van der Waals surface area contributed by atoms with E-state index < -0.39 is 5.97 Å². The number of hydrogen-bond donors (Lipinski definition) is 1. The lowest BCUT2D eigenvalue weighted by Crippen LogP contribution is -2.19. The summed E-state index contributed by atoms with van der Waals surface area (Å²) in [5.74, 6) is -0.914. The highest BCUT2D eigenvalue weighted by atomic mass is 16.4. The van der Waals surface area contributed by atoms with Crippen molar-refractivity contribution in [1.82, 2.24) is 4.90 Å². The Kier molecular flexibility index (Phi) is 3.59. The largest absolute Gasteiger partial charge is 0.478 e. The van der Waals surface area contributed by atoms with Crippen LogP contribution in [0.25, 0.3) is 6.08 Å². The zero-order chi connectivity index (χ0) is 12.3. The number of carboxylic acid groups (broad SMARTS) is 1. The van der Waals surface area contributed by atoms with Gasteiger partial charge in [0, 0.05) is 18.7 Å². The average molecular weight is 231 g/mol. The molecular formula is C14H17NO2. The molecule has 0 heterocycles. The van der Waals surface area contributed by atoms with Gasteiger partial charge in [0.1, 0.15) is 0 Å². The van der Waals surface area contributed by atoms with Crippen LogP contribution in [0.15, 0.2) is 30.3 Å². The van der Waals surface area contributed by atoms with Gasteiger partial charge in [0.2, 0.25) is 0 Å². The van der Waals surface area contributed by atoms with E-state index >= 15 is 0 Å². The van der Waals surface area contributed by atoms with Crippen LogP contribution in [0.5, 0.6) is 0 Å². The van der Waals surface area contributed by atoms with Gasteiger partial charge in [0.15, 0.2) is 0 Å². The van der Waals surface area contributed by atoms with Crippen molar-refractivity contribution in [3.8, 4) is 0 Å². The van der Waals surface area contributed by atoms with Crippen molar-refractivity contribution < 1.29 is 9.90 Å². The third-order valence-electron chi connectivity index (χ3n) is 3.00. The van der Waals surface area contributed by atoms with Gasteiger partial charge in [-0.05, 0) is 37.1 Å². The number of benzene rings is 1. The average Bonchev–Trinajstić information content (AvgIpc) is 3.12. The molecular weight excluding hydrogens is 214 g/mol. The van der Waals surface area contributed by atoms with Crippen LogP contribution in [0.4, 0.5) is 0 Å². The second kappa shape index (κ2) is 5.15. The minimum absolute atomic E-state index is 0.765. The highest BCUT2D eigenvalue weighted by molar-refractivity contribution is 5.85. The second-order valence-electron chi connectivity index (χ2n) is 4.56. The number of carboxylic acids is 1. The minimum atomic E-state index is -0.914. The molecule has 0 saturated heterocycles. The molecule has 17 heavy (non-hydrogen) atoms. The molecule has 0 spiro atoms. The third kappa shape index (κ3) is 3.71. The molecule has 0 aromatic heterocycles. The van der Waals surface area contributed by atoms with Gasteiger partial charge in [-0.1, -0.05) is 24.3 Å². The molecule has 90 valence electrons. The maximum Gasteiger partial charge on any atom is 0.328 e. The predicted molar refractivity (Wildman–Crippen MR) is 67.6 cm³/mol. The van der Waals surface area contributed by atoms with E-state index in [2.05, 4.69) is 24.1 Å². The molecule has 0 amide bonds. The molecule has 1 aromatic carbocycles. The Morgan fingerprint density at radius 2 is 2.06 bits per heavy atom. The Balaban J connectivity index is 1.94. The van der Waals surface area contributed by atoms with E-state index in [4.69, 9.17) is 5.11 Å². The summed E-state index contributed by atoms with van der Waals surface area (Å²) in [4.78, 5) is 12.7. The Hall–Kier alpha value is -1.61.